The Kier molecular flexibility index (Phi) is 3.11. The van der Waals surface area contributed by atoms with Gasteiger partial charge in [-0.3, -0.25) is 0 Å². The molecule has 0 aliphatic carbocycles. The number of methoxy groups -OCH3 is 1. The summed E-state index contributed by atoms with van der Waals surface area (Å²) in [6.45, 7) is 2.20. The van der Waals surface area contributed by atoms with Crippen molar-refractivity contribution in [3.8, 4) is 5.75 Å². The number of ether oxygens (including phenoxy) is 1. The molecule has 3 heteroatoms. The number of nitrogen functional groups attached to an aromatic ring is 1. The third-order valence-corrected chi connectivity index (χ3v) is 3.02. The van der Waals surface area contributed by atoms with Crippen LogP contribution in [0.3, 0.4) is 0 Å². The first-order chi connectivity index (χ1) is 7.31. The van der Waals surface area contributed by atoms with Gasteiger partial charge in [0.2, 0.25) is 0 Å². The van der Waals surface area contributed by atoms with Gasteiger partial charge in [-0.05, 0) is 43.0 Å². The van der Waals surface area contributed by atoms with E-state index in [0.717, 1.165) is 24.5 Å². The number of benzene rings is 1. The molecule has 1 aliphatic heterocycles. The van der Waals surface area contributed by atoms with Crippen LogP contribution in [0.4, 0.5) is 5.69 Å². The van der Waals surface area contributed by atoms with Gasteiger partial charge in [0.15, 0.2) is 0 Å². The third kappa shape index (κ3) is 2.23. The maximum atomic E-state index is 5.89. The Labute approximate surface area is 90.6 Å². The second-order valence-electron chi connectivity index (χ2n) is 4.04. The number of rotatable bonds is 2. The molecule has 0 amide bonds. The molecule has 1 saturated heterocycles. The highest BCUT2D eigenvalue weighted by Gasteiger charge is 2.15. The number of nitrogens with two attached hydrogens (primary N) is 1. The van der Waals surface area contributed by atoms with Crippen molar-refractivity contribution in [2.45, 2.75) is 18.8 Å². The summed E-state index contributed by atoms with van der Waals surface area (Å²) in [7, 11) is 1.65. The molecule has 0 aromatic heterocycles. The molecular weight excluding hydrogens is 188 g/mol. The van der Waals surface area contributed by atoms with Crippen LogP contribution in [0.2, 0.25) is 0 Å². The third-order valence-electron chi connectivity index (χ3n) is 3.02. The van der Waals surface area contributed by atoms with Crippen molar-refractivity contribution in [1.29, 1.82) is 0 Å². The zero-order valence-electron chi connectivity index (χ0n) is 9.12. The molecular formula is C12H18N2O. The van der Waals surface area contributed by atoms with E-state index in [1.165, 1.54) is 18.4 Å². The summed E-state index contributed by atoms with van der Waals surface area (Å²) < 4.78 is 5.15. The topological polar surface area (TPSA) is 47.3 Å². The predicted molar refractivity (Wildman–Crippen MR) is 62.3 cm³/mol. The fourth-order valence-electron chi connectivity index (χ4n) is 2.14. The van der Waals surface area contributed by atoms with Gasteiger partial charge in [-0.25, -0.2) is 0 Å². The van der Waals surface area contributed by atoms with Crippen molar-refractivity contribution < 1.29 is 4.74 Å². The van der Waals surface area contributed by atoms with Crippen LogP contribution < -0.4 is 15.8 Å². The highest BCUT2D eigenvalue weighted by molar-refractivity contribution is 5.54. The van der Waals surface area contributed by atoms with Gasteiger partial charge in [-0.2, -0.15) is 0 Å². The van der Waals surface area contributed by atoms with Gasteiger partial charge >= 0.3 is 0 Å². The zero-order chi connectivity index (χ0) is 10.7. The predicted octanol–water partition coefficient (Wildman–Crippen LogP) is 1.74. The summed E-state index contributed by atoms with van der Waals surface area (Å²) in [5.41, 5.74) is 7.95. The van der Waals surface area contributed by atoms with E-state index in [1.807, 2.05) is 12.1 Å². The number of piperidine rings is 1. The monoisotopic (exact) mass is 206 g/mol. The van der Waals surface area contributed by atoms with Gasteiger partial charge in [0.1, 0.15) is 5.75 Å². The molecule has 0 bridgehead atoms. The SMILES string of the molecule is COc1ccc(C2CCCNC2)cc1N. The Hall–Kier alpha value is -1.22. The molecule has 0 saturated carbocycles. The first kappa shape index (κ1) is 10.3. The fraction of sp³-hybridized carbons (Fsp3) is 0.500. The lowest BCUT2D eigenvalue weighted by Crippen LogP contribution is -2.28. The summed E-state index contributed by atoms with van der Waals surface area (Å²) in [4.78, 5) is 0. The van der Waals surface area contributed by atoms with Crippen molar-refractivity contribution >= 4 is 5.69 Å². The van der Waals surface area contributed by atoms with Crippen LogP contribution in [0, 0.1) is 0 Å². The standard InChI is InChI=1S/C12H18N2O/c1-15-12-5-4-9(7-11(12)13)10-3-2-6-14-8-10/h4-5,7,10,14H,2-3,6,8,13H2,1H3. The van der Waals surface area contributed by atoms with E-state index in [1.54, 1.807) is 7.11 Å². The largest absolute Gasteiger partial charge is 0.495 e. The first-order valence-electron chi connectivity index (χ1n) is 5.45. The highest BCUT2D eigenvalue weighted by Crippen LogP contribution is 2.29. The van der Waals surface area contributed by atoms with Crippen LogP contribution in [-0.4, -0.2) is 20.2 Å². The second kappa shape index (κ2) is 4.53. The molecule has 1 unspecified atom stereocenters. The van der Waals surface area contributed by atoms with Gasteiger partial charge in [-0.15, -0.1) is 0 Å². The molecule has 3 N–H and O–H groups in total. The number of nitrogens with one attached hydrogen (secondary N) is 1. The van der Waals surface area contributed by atoms with Crippen molar-refractivity contribution in [2.24, 2.45) is 0 Å². The quantitative estimate of drug-likeness (QED) is 0.725. The minimum Gasteiger partial charge on any atom is -0.495 e. The summed E-state index contributed by atoms with van der Waals surface area (Å²) in [6, 6.07) is 6.11. The van der Waals surface area contributed by atoms with Gasteiger partial charge in [-0.1, -0.05) is 6.07 Å². The Balaban J connectivity index is 2.17. The minimum absolute atomic E-state index is 0.604. The van der Waals surface area contributed by atoms with Crippen LogP contribution >= 0.6 is 0 Å². The molecule has 15 heavy (non-hydrogen) atoms. The maximum absolute atomic E-state index is 5.89. The van der Waals surface area contributed by atoms with E-state index in [4.69, 9.17) is 10.5 Å². The first-order valence-corrected chi connectivity index (χ1v) is 5.45. The van der Waals surface area contributed by atoms with Crippen LogP contribution in [0.25, 0.3) is 0 Å². The van der Waals surface area contributed by atoms with E-state index >= 15 is 0 Å². The smallest absolute Gasteiger partial charge is 0.141 e. The average molecular weight is 206 g/mol. The molecule has 82 valence electrons. The molecule has 1 aromatic rings. The maximum Gasteiger partial charge on any atom is 0.141 e. The lowest BCUT2D eigenvalue weighted by molar-refractivity contribution is 0.416. The molecule has 0 spiro atoms. The Morgan fingerprint density at radius 3 is 2.93 bits per heavy atom. The van der Waals surface area contributed by atoms with Crippen LogP contribution in [-0.2, 0) is 0 Å². The van der Waals surface area contributed by atoms with E-state index in [9.17, 15) is 0 Å². The molecule has 1 aromatic carbocycles. The van der Waals surface area contributed by atoms with Crippen LogP contribution in [0.5, 0.6) is 5.75 Å². The summed E-state index contributed by atoms with van der Waals surface area (Å²) in [5, 5.41) is 3.41. The van der Waals surface area contributed by atoms with E-state index in [2.05, 4.69) is 11.4 Å². The fourth-order valence-corrected chi connectivity index (χ4v) is 2.14. The second-order valence-corrected chi connectivity index (χ2v) is 4.04. The van der Waals surface area contributed by atoms with Crippen LogP contribution in [0.1, 0.15) is 24.3 Å². The van der Waals surface area contributed by atoms with Gasteiger partial charge < -0.3 is 15.8 Å². The molecule has 1 heterocycles. The van der Waals surface area contributed by atoms with Crippen molar-refractivity contribution in [3.05, 3.63) is 23.8 Å². The van der Waals surface area contributed by atoms with Crippen LogP contribution in [0.15, 0.2) is 18.2 Å². The Morgan fingerprint density at radius 1 is 1.47 bits per heavy atom. The highest BCUT2D eigenvalue weighted by atomic mass is 16.5. The van der Waals surface area contributed by atoms with E-state index in [-0.39, 0.29) is 0 Å². The van der Waals surface area contributed by atoms with E-state index in [0.29, 0.717) is 5.92 Å². The zero-order valence-corrected chi connectivity index (χ0v) is 9.12. The van der Waals surface area contributed by atoms with Crippen molar-refractivity contribution in [3.63, 3.8) is 0 Å². The molecule has 1 aliphatic rings. The normalized spacial score (nSPS) is 21.3. The molecule has 3 nitrogen and oxygen atoms in total. The van der Waals surface area contributed by atoms with E-state index < -0.39 is 0 Å². The molecule has 1 atom stereocenters. The van der Waals surface area contributed by atoms with Gasteiger partial charge in [0.05, 0.1) is 12.8 Å². The Bertz CT molecular complexity index is 332. The minimum atomic E-state index is 0.604. The number of hydrogen-bond acceptors (Lipinski definition) is 3. The Morgan fingerprint density at radius 2 is 2.33 bits per heavy atom. The molecule has 2 rings (SSSR count). The number of hydrogen-bond donors (Lipinski definition) is 2. The lowest BCUT2D eigenvalue weighted by atomic mass is 9.91. The molecule has 0 radical (unpaired) electrons. The summed E-state index contributed by atoms with van der Waals surface area (Å²) >= 11 is 0. The van der Waals surface area contributed by atoms with Gasteiger partial charge in [0.25, 0.3) is 0 Å². The van der Waals surface area contributed by atoms with Crippen molar-refractivity contribution in [1.82, 2.24) is 5.32 Å². The number of anilines is 1. The lowest BCUT2D eigenvalue weighted by Gasteiger charge is -2.23. The summed E-state index contributed by atoms with van der Waals surface area (Å²) in [5.74, 6) is 1.37. The van der Waals surface area contributed by atoms with Gasteiger partial charge in [0, 0.05) is 6.54 Å². The average Bonchev–Trinajstić information content (AvgIpc) is 2.30. The van der Waals surface area contributed by atoms with Crippen molar-refractivity contribution in [2.75, 3.05) is 25.9 Å². The summed E-state index contributed by atoms with van der Waals surface area (Å²) in [6.07, 6.45) is 2.50. The molecule has 1 fully saturated rings.